The Morgan fingerprint density at radius 1 is 1.06 bits per heavy atom. The van der Waals surface area contributed by atoms with E-state index in [-0.39, 0.29) is 11.7 Å². The number of nitrogens with zero attached hydrogens (tertiary/aromatic N) is 2. The van der Waals surface area contributed by atoms with Gasteiger partial charge >= 0.3 is 0 Å². The van der Waals surface area contributed by atoms with E-state index in [1.807, 2.05) is 12.1 Å². The molecule has 0 aliphatic carbocycles. The van der Waals surface area contributed by atoms with Crippen LogP contribution < -0.4 is 0 Å². The fraction of sp³-hybridized carbons (Fsp3) is 0.444. The molecule has 2 aliphatic rings. The predicted molar refractivity (Wildman–Crippen MR) is 137 cm³/mol. The molecule has 0 radical (unpaired) electrons. The molecule has 1 amide bonds. The molecular weight excluding hydrogens is 490 g/mol. The first kappa shape index (κ1) is 26.1. The maximum atomic E-state index is 13.2. The number of piperidine rings is 2. The van der Waals surface area contributed by atoms with Gasteiger partial charge in [0.2, 0.25) is 5.91 Å². The van der Waals surface area contributed by atoms with Crippen LogP contribution in [0.5, 0.6) is 0 Å². The van der Waals surface area contributed by atoms with Crippen LogP contribution >= 0.6 is 23.2 Å². The molecule has 2 aromatic carbocycles. The highest BCUT2D eigenvalue weighted by Gasteiger charge is 2.40. The average molecular weight is 521 g/mol. The van der Waals surface area contributed by atoms with E-state index >= 15 is 0 Å². The van der Waals surface area contributed by atoms with Crippen molar-refractivity contribution in [3.05, 3.63) is 75.5 Å². The van der Waals surface area contributed by atoms with Crippen molar-refractivity contribution in [2.75, 3.05) is 32.7 Å². The second-order valence-corrected chi connectivity index (χ2v) is 10.4. The minimum absolute atomic E-state index is 0.143. The normalized spacial score (nSPS) is 20.3. The average Bonchev–Trinajstić information content (AvgIpc) is 2.86. The number of aliphatic hydroxyl groups excluding tert-OH is 1. The molecule has 0 aromatic heterocycles. The van der Waals surface area contributed by atoms with Crippen LogP contribution in [-0.4, -0.2) is 70.3 Å². The summed E-state index contributed by atoms with van der Waals surface area (Å²) in [6.07, 6.45) is 4.82. The highest BCUT2D eigenvalue weighted by Crippen LogP contribution is 2.31. The minimum atomic E-state index is -1.21. The van der Waals surface area contributed by atoms with Crippen molar-refractivity contribution in [2.45, 2.75) is 43.3 Å². The number of benzene rings is 2. The van der Waals surface area contributed by atoms with Gasteiger partial charge < -0.3 is 20.0 Å². The molecule has 2 aliphatic heterocycles. The number of hydrogen-bond acceptors (Lipinski definition) is 4. The van der Waals surface area contributed by atoms with Crippen LogP contribution in [0.2, 0.25) is 10.0 Å². The molecule has 8 heteroatoms. The Kier molecular flexibility index (Phi) is 8.50. The Bertz CT molecular complexity index is 1050. The van der Waals surface area contributed by atoms with E-state index in [9.17, 15) is 19.4 Å². The summed E-state index contributed by atoms with van der Waals surface area (Å²) in [7, 11) is 0. The molecule has 1 atom stereocenters. The highest BCUT2D eigenvalue weighted by molar-refractivity contribution is 6.42. The second-order valence-electron chi connectivity index (χ2n) is 9.58. The summed E-state index contributed by atoms with van der Waals surface area (Å²) in [6.45, 7) is 2.80. The van der Waals surface area contributed by atoms with Gasteiger partial charge in [-0.05, 0) is 86.2 Å². The van der Waals surface area contributed by atoms with E-state index in [1.165, 1.54) is 18.2 Å². The van der Waals surface area contributed by atoms with Crippen molar-refractivity contribution >= 4 is 35.2 Å². The zero-order valence-electron chi connectivity index (χ0n) is 19.5. The molecule has 2 aromatic rings. The second kappa shape index (κ2) is 11.4. The van der Waals surface area contributed by atoms with Crippen LogP contribution in [-0.2, 0) is 4.79 Å². The number of halogens is 3. The molecule has 5 nitrogen and oxygen atoms in total. The number of β-amino-alcohol motifs (C(OH)–C–C–N with tert-alkyl or cyclic N) is 1. The lowest BCUT2D eigenvalue weighted by molar-refractivity contribution is -0.140. The Morgan fingerprint density at radius 3 is 2.34 bits per heavy atom. The van der Waals surface area contributed by atoms with Crippen molar-refractivity contribution < 1.29 is 19.4 Å². The quantitative estimate of drug-likeness (QED) is 0.540. The number of amides is 1. The summed E-state index contributed by atoms with van der Waals surface area (Å²) < 4.78 is 13.2. The van der Waals surface area contributed by atoms with Gasteiger partial charge in [-0.25, -0.2) is 4.39 Å². The molecule has 0 spiro atoms. The molecule has 2 saturated heterocycles. The molecule has 0 saturated carbocycles. The van der Waals surface area contributed by atoms with E-state index in [2.05, 4.69) is 4.90 Å². The minimum Gasteiger partial charge on any atom is -0.389 e. The first-order chi connectivity index (χ1) is 16.7. The Morgan fingerprint density at radius 2 is 1.71 bits per heavy atom. The largest absolute Gasteiger partial charge is 0.389 e. The van der Waals surface area contributed by atoms with E-state index in [0.29, 0.717) is 48.4 Å². The number of rotatable bonds is 6. The van der Waals surface area contributed by atoms with Crippen LogP contribution in [0.15, 0.2) is 48.5 Å². The van der Waals surface area contributed by atoms with Gasteiger partial charge in [0.05, 0.1) is 21.8 Å². The molecule has 2 fully saturated rings. The van der Waals surface area contributed by atoms with Gasteiger partial charge in [0.25, 0.3) is 0 Å². The Hall–Kier alpha value is -1.96. The molecule has 35 heavy (non-hydrogen) atoms. The summed E-state index contributed by atoms with van der Waals surface area (Å²) in [4.78, 5) is 16.5. The first-order valence-corrected chi connectivity index (χ1v) is 12.8. The SMILES string of the molecule is O=C(C=Cc1ccc(Cl)c(Cl)c1)N1CCC(O)(C(O)CN2CCC(c3ccc(F)cc3)CC2)CC1. The lowest BCUT2D eigenvalue weighted by Crippen LogP contribution is -2.56. The molecule has 4 rings (SSSR count). The third kappa shape index (κ3) is 6.63. The molecular formula is C27H31Cl2FN2O3. The van der Waals surface area contributed by atoms with Gasteiger partial charge in [-0.3, -0.25) is 4.79 Å². The fourth-order valence-corrected chi connectivity index (χ4v) is 5.24. The van der Waals surface area contributed by atoms with Crippen LogP contribution in [0.25, 0.3) is 6.08 Å². The van der Waals surface area contributed by atoms with E-state index < -0.39 is 11.7 Å². The van der Waals surface area contributed by atoms with E-state index in [1.54, 1.807) is 29.2 Å². The van der Waals surface area contributed by atoms with Gasteiger partial charge in [0.15, 0.2) is 0 Å². The fourth-order valence-electron chi connectivity index (χ4n) is 4.93. The van der Waals surface area contributed by atoms with Gasteiger partial charge in [-0.1, -0.05) is 41.4 Å². The number of hydrogen-bond donors (Lipinski definition) is 2. The topological polar surface area (TPSA) is 64.0 Å². The van der Waals surface area contributed by atoms with Crippen LogP contribution in [0.1, 0.15) is 42.7 Å². The maximum Gasteiger partial charge on any atom is 0.246 e. The van der Waals surface area contributed by atoms with Gasteiger partial charge in [-0.2, -0.15) is 0 Å². The first-order valence-electron chi connectivity index (χ1n) is 12.0. The number of aliphatic hydroxyl groups is 2. The molecule has 188 valence electrons. The monoisotopic (exact) mass is 520 g/mol. The Balaban J connectivity index is 1.24. The van der Waals surface area contributed by atoms with Crippen molar-refractivity contribution in [2.24, 2.45) is 0 Å². The van der Waals surface area contributed by atoms with Gasteiger partial charge in [-0.15, -0.1) is 0 Å². The highest BCUT2D eigenvalue weighted by atomic mass is 35.5. The lowest BCUT2D eigenvalue weighted by atomic mass is 9.84. The summed E-state index contributed by atoms with van der Waals surface area (Å²) >= 11 is 11.9. The lowest BCUT2D eigenvalue weighted by Gasteiger charge is -2.43. The summed E-state index contributed by atoms with van der Waals surface area (Å²) in [5, 5.41) is 22.8. The summed E-state index contributed by atoms with van der Waals surface area (Å²) in [6, 6.07) is 11.9. The smallest absolute Gasteiger partial charge is 0.246 e. The van der Waals surface area contributed by atoms with Crippen molar-refractivity contribution in [1.82, 2.24) is 9.80 Å². The van der Waals surface area contributed by atoms with Crippen molar-refractivity contribution in [3.63, 3.8) is 0 Å². The van der Waals surface area contributed by atoms with Crippen LogP contribution in [0, 0.1) is 5.82 Å². The molecule has 0 bridgehead atoms. The Labute approximate surface area is 215 Å². The molecule has 2 heterocycles. The third-order valence-corrected chi connectivity index (χ3v) is 8.02. The zero-order valence-corrected chi connectivity index (χ0v) is 21.1. The molecule has 2 N–H and O–H groups in total. The van der Waals surface area contributed by atoms with Gasteiger partial charge in [0, 0.05) is 25.7 Å². The number of carbonyl (C=O) groups is 1. The molecule has 1 unspecified atom stereocenters. The van der Waals surface area contributed by atoms with E-state index in [0.717, 1.165) is 37.1 Å². The van der Waals surface area contributed by atoms with E-state index in [4.69, 9.17) is 23.2 Å². The number of carbonyl (C=O) groups excluding carboxylic acids is 1. The van der Waals surface area contributed by atoms with Crippen molar-refractivity contribution in [1.29, 1.82) is 0 Å². The zero-order chi connectivity index (χ0) is 25.0. The standard InChI is InChI=1S/C27H31Cl2FN2O3/c28-23-7-1-19(17-24(23)29)2-8-26(34)32-15-11-27(35,12-16-32)25(33)18-31-13-9-21(10-14-31)20-3-5-22(30)6-4-20/h1-8,17,21,25,33,35H,9-16,18H2. The number of likely N-dealkylation sites (tertiary alicyclic amines) is 2. The third-order valence-electron chi connectivity index (χ3n) is 7.28. The summed E-state index contributed by atoms with van der Waals surface area (Å²) in [5.41, 5.74) is 0.716. The van der Waals surface area contributed by atoms with Crippen LogP contribution in [0.4, 0.5) is 4.39 Å². The summed E-state index contributed by atoms with van der Waals surface area (Å²) in [5.74, 6) is 0.0200. The van der Waals surface area contributed by atoms with Crippen molar-refractivity contribution in [3.8, 4) is 0 Å². The van der Waals surface area contributed by atoms with Crippen LogP contribution in [0.3, 0.4) is 0 Å². The van der Waals surface area contributed by atoms with Gasteiger partial charge in [0.1, 0.15) is 5.82 Å². The predicted octanol–water partition coefficient (Wildman–Crippen LogP) is 4.74. The maximum absolute atomic E-state index is 13.2.